The Balaban J connectivity index is 3.95. The second-order valence-corrected chi connectivity index (χ2v) is 3.54. The number of aliphatic carboxylic acids is 1. The Hall–Kier alpha value is -0.830. The van der Waals surface area contributed by atoms with Gasteiger partial charge in [-0.05, 0) is 27.2 Å². The Morgan fingerprint density at radius 2 is 1.92 bits per heavy atom. The summed E-state index contributed by atoms with van der Waals surface area (Å²) in [6.45, 7) is 5.15. The fraction of sp³-hybridized carbons (Fsp3) is 0.667. The number of carboxylic acid groups (broad SMARTS) is 1. The number of carboxylic acids is 1. The van der Waals surface area contributed by atoms with E-state index >= 15 is 0 Å². The Labute approximate surface area is 72.7 Å². The summed E-state index contributed by atoms with van der Waals surface area (Å²) in [4.78, 5) is 10.2. The molecule has 0 atom stereocenters. The van der Waals surface area contributed by atoms with Crippen LogP contribution in [0.5, 0.6) is 0 Å². The third kappa shape index (κ3) is 7.28. The molecule has 0 saturated carbocycles. The summed E-state index contributed by atoms with van der Waals surface area (Å²) < 4.78 is 0. The van der Waals surface area contributed by atoms with Crippen molar-refractivity contribution in [3.63, 3.8) is 0 Å². The van der Waals surface area contributed by atoms with E-state index in [2.05, 4.69) is 0 Å². The summed E-state index contributed by atoms with van der Waals surface area (Å²) in [6.07, 6.45) is 2.30. The maximum atomic E-state index is 10.2. The van der Waals surface area contributed by atoms with Gasteiger partial charge in [0.1, 0.15) is 0 Å². The van der Waals surface area contributed by atoms with Crippen LogP contribution < -0.4 is 0 Å². The lowest BCUT2D eigenvalue weighted by molar-refractivity contribution is -0.136. The minimum atomic E-state index is -0.845. The summed E-state index contributed by atoms with van der Waals surface area (Å²) in [5, 5.41) is 17.7. The Morgan fingerprint density at radius 3 is 2.25 bits per heavy atom. The molecular formula is C9H16O3. The molecule has 0 aromatic heterocycles. The van der Waals surface area contributed by atoms with Gasteiger partial charge in [0.05, 0.1) is 5.60 Å². The maximum absolute atomic E-state index is 10.2. The summed E-state index contributed by atoms with van der Waals surface area (Å²) >= 11 is 0. The van der Waals surface area contributed by atoms with Gasteiger partial charge in [0.25, 0.3) is 0 Å². The van der Waals surface area contributed by atoms with Gasteiger partial charge in [-0.3, -0.25) is 4.79 Å². The van der Waals surface area contributed by atoms with Gasteiger partial charge in [0.15, 0.2) is 0 Å². The number of rotatable bonds is 4. The number of allylic oxidation sites excluding steroid dienone is 1. The first-order valence-corrected chi connectivity index (χ1v) is 3.94. The van der Waals surface area contributed by atoms with Gasteiger partial charge in [-0.1, -0.05) is 11.6 Å². The van der Waals surface area contributed by atoms with Crippen molar-refractivity contribution in [3.8, 4) is 0 Å². The summed E-state index contributed by atoms with van der Waals surface area (Å²) in [7, 11) is 0. The van der Waals surface area contributed by atoms with Crippen LogP contribution in [0.3, 0.4) is 0 Å². The van der Waals surface area contributed by atoms with Crippen LogP contribution in [-0.2, 0) is 4.79 Å². The fourth-order valence-electron chi connectivity index (χ4n) is 0.979. The molecular weight excluding hydrogens is 156 g/mol. The average molecular weight is 172 g/mol. The standard InChI is InChI=1S/C9H16O3/c1-7(4-5-8(10)11)6-9(2,3)12/h6,12H,4-5H2,1-3H3,(H,10,11). The largest absolute Gasteiger partial charge is 0.481 e. The molecule has 0 bridgehead atoms. The third-order valence-electron chi connectivity index (χ3n) is 1.33. The van der Waals surface area contributed by atoms with Crippen LogP contribution in [0.1, 0.15) is 33.6 Å². The summed E-state index contributed by atoms with van der Waals surface area (Å²) in [6, 6.07) is 0. The van der Waals surface area contributed by atoms with E-state index in [4.69, 9.17) is 5.11 Å². The molecule has 0 aliphatic rings. The van der Waals surface area contributed by atoms with Crippen molar-refractivity contribution in [1.82, 2.24) is 0 Å². The van der Waals surface area contributed by atoms with E-state index in [1.165, 1.54) is 0 Å². The van der Waals surface area contributed by atoms with Gasteiger partial charge in [0.2, 0.25) is 0 Å². The molecule has 12 heavy (non-hydrogen) atoms. The summed E-state index contributed by atoms with van der Waals surface area (Å²) in [5.74, 6) is -0.807. The number of carbonyl (C=O) groups is 1. The highest BCUT2D eigenvalue weighted by Crippen LogP contribution is 2.11. The van der Waals surface area contributed by atoms with E-state index in [0.29, 0.717) is 6.42 Å². The molecule has 0 rings (SSSR count). The molecule has 0 radical (unpaired) electrons. The molecule has 0 amide bonds. The third-order valence-corrected chi connectivity index (χ3v) is 1.33. The Morgan fingerprint density at radius 1 is 1.42 bits per heavy atom. The van der Waals surface area contributed by atoms with Gasteiger partial charge in [-0.2, -0.15) is 0 Å². The quantitative estimate of drug-likeness (QED) is 0.633. The van der Waals surface area contributed by atoms with Crippen LogP contribution >= 0.6 is 0 Å². The van der Waals surface area contributed by atoms with Crippen molar-refractivity contribution in [2.45, 2.75) is 39.2 Å². The number of hydrogen-bond donors (Lipinski definition) is 2. The van der Waals surface area contributed by atoms with Crippen molar-refractivity contribution in [2.75, 3.05) is 0 Å². The first-order valence-electron chi connectivity index (χ1n) is 3.94. The van der Waals surface area contributed by atoms with Crippen molar-refractivity contribution in [1.29, 1.82) is 0 Å². The van der Waals surface area contributed by atoms with Crippen molar-refractivity contribution >= 4 is 5.97 Å². The van der Waals surface area contributed by atoms with E-state index in [1.807, 2.05) is 6.92 Å². The highest BCUT2D eigenvalue weighted by atomic mass is 16.4. The normalized spacial score (nSPS) is 13.2. The highest BCUT2D eigenvalue weighted by Gasteiger charge is 2.08. The molecule has 3 nitrogen and oxygen atoms in total. The number of aliphatic hydroxyl groups is 1. The molecule has 0 aromatic carbocycles. The van der Waals surface area contributed by atoms with Crippen LogP contribution in [0.15, 0.2) is 11.6 Å². The van der Waals surface area contributed by atoms with Gasteiger partial charge in [-0.25, -0.2) is 0 Å². The Kier molecular flexibility index (Phi) is 3.96. The molecule has 2 N–H and O–H groups in total. The summed E-state index contributed by atoms with van der Waals surface area (Å²) in [5.41, 5.74) is 0.0627. The molecule has 0 heterocycles. The zero-order valence-corrected chi connectivity index (χ0v) is 7.79. The molecule has 0 fully saturated rings. The minimum Gasteiger partial charge on any atom is -0.481 e. The first-order chi connectivity index (χ1) is 5.31. The zero-order chi connectivity index (χ0) is 9.78. The van der Waals surface area contributed by atoms with Gasteiger partial charge < -0.3 is 10.2 Å². The lowest BCUT2D eigenvalue weighted by atomic mass is 10.0. The lowest BCUT2D eigenvalue weighted by Crippen LogP contribution is -2.14. The van der Waals surface area contributed by atoms with Gasteiger partial charge in [0, 0.05) is 6.42 Å². The van der Waals surface area contributed by atoms with Crippen LogP contribution in [0.2, 0.25) is 0 Å². The second kappa shape index (κ2) is 4.26. The highest BCUT2D eigenvalue weighted by molar-refractivity contribution is 5.67. The van der Waals surface area contributed by atoms with Crippen molar-refractivity contribution in [2.24, 2.45) is 0 Å². The maximum Gasteiger partial charge on any atom is 0.303 e. The molecule has 0 spiro atoms. The fourth-order valence-corrected chi connectivity index (χ4v) is 0.979. The molecule has 0 aliphatic carbocycles. The van der Waals surface area contributed by atoms with Crippen LogP contribution in [0.4, 0.5) is 0 Å². The van der Waals surface area contributed by atoms with E-state index in [0.717, 1.165) is 5.57 Å². The molecule has 70 valence electrons. The topological polar surface area (TPSA) is 57.5 Å². The zero-order valence-electron chi connectivity index (χ0n) is 7.79. The van der Waals surface area contributed by atoms with Crippen LogP contribution in [-0.4, -0.2) is 21.8 Å². The minimum absolute atomic E-state index is 0.123. The SMILES string of the molecule is CC(=CC(C)(C)O)CCC(=O)O. The Bertz CT molecular complexity index is 186. The van der Waals surface area contributed by atoms with Crippen LogP contribution in [0.25, 0.3) is 0 Å². The smallest absolute Gasteiger partial charge is 0.303 e. The van der Waals surface area contributed by atoms with E-state index in [1.54, 1.807) is 19.9 Å². The first kappa shape index (κ1) is 11.2. The molecule has 3 heteroatoms. The second-order valence-electron chi connectivity index (χ2n) is 3.54. The number of hydrogen-bond acceptors (Lipinski definition) is 2. The molecule has 0 unspecified atom stereocenters. The van der Waals surface area contributed by atoms with E-state index in [9.17, 15) is 9.90 Å². The average Bonchev–Trinajstić information content (AvgIpc) is 1.79. The molecule has 0 saturated heterocycles. The van der Waals surface area contributed by atoms with Crippen molar-refractivity contribution in [3.05, 3.63) is 11.6 Å². The predicted molar refractivity (Wildman–Crippen MR) is 46.9 cm³/mol. The predicted octanol–water partition coefficient (Wildman–Crippen LogP) is 1.57. The van der Waals surface area contributed by atoms with E-state index < -0.39 is 11.6 Å². The molecule has 0 aromatic rings. The van der Waals surface area contributed by atoms with Crippen LogP contribution in [0, 0.1) is 0 Å². The van der Waals surface area contributed by atoms with Gasteiger partial charge >= 0.3 is 5.97 Å². The monoisotopic (exact) mass is 172 g/mol. The van der Waals surface area contributed by atoms with Crippen molar-refractivity contribution < 1.29 is 15.0 Å². The molecule has 0 aliphatic heterocycles. The lowest BCUT2D eigenvalue weighted by Gasteiger charge is -2.12. The van der Waals surface area contributed by atoms with Gasteiger partial charge in [-0.15, -0.1) is 0 Å². The van der Waals surface area contributed by atoms with E-state index in [-0.39, 0.29) is 6.42 Å².